The van der Waals surface area contributed by atoms with Gasteiger partial charge in [0.05, 0.1) is 6.07 Å². The summed E-state index contributed by atoms with van der Waals surface area (Å²) in [5, 5.41) is 8.80. The first-order valence-corrected chi connectivity index (χ1v) is 15.6. The molecule has 0 atom stereocenters. The fraction of sp³-hybridized carbons (Fsp3) is 0.0789. The van der Waals surface area contributed by atoms with Crippen LogP contribution in [0.3, 0.4) is 0 Å². The van der Waals surface area contributed by atoms with Crippen LogP contribution in [0.25, 0.3) is 0 Å². The van der Waals surface area contributed by atoms with Crippen LogP contribution in [-0.2, 0) is 35.7 Å². The Labute approximate surface area is 285 Å². The molecule has 0 aromatic heterocycles. The first kappa shape index (κ1) is 46.0. The molecule has 0 spiro atoms. The van der Waals surface area contributed by atoms with Crippen molar-refractivity contribution in [1.82, 2.24) is 0 Å². The molecule has 0 heterocycles. The van der Waals surface area contributed by atoms with Crippen LogP contribution < -0.4 is 27.2 Å². The van der Waals surface area contributed by atoms with E-state index >= 15 is 0 Å². The largest absolute Gasteiger partial charge is 0.195 e. The first-order chi connectivity index (χ1) is 22.1. The molecular formula is C38H34BMnNO4P-. The summed E-state index contributed by atoms with van der Waals surface area (Å²) in [5.74, 6) is 0. The summed E-state index contributed by atoms with van der Waals surface area (Å²) >= 11 is 0. The second-order valence-electron chi connectivity index (χ2n) is 8.96. The van der Waals surface area contributed by atoms with Gasteiger partial charge in [-0.2, -0.15) is 27.1 Å². The van der Waals surface area contributed by atoms with Crippen molar-refractivity contribution in [3.8, 4) is 6.07 Å². The molecule has 0 N–H and O–H groups in total. The second-order valence-corrected chi connectivity index (χ2v) is 11.3. The zero-order valence-corrected chi connectivity index (χ0v) is 28.0. The molecule has 0 amide bonds. The number of hydrogen-bond donors (Lipinski definition) is 0. The maximum Gasteiger partial charge on any atom is 0.108 e. The number of nitrogens with zero attached hydrogens (tertiary/aromatic N) is 1. The summed E-state index contributed by atoms with van der Waals surface area (Å²) < 4.78 is 30.0. The molecule has 5 aromatic carbocycles. The van der Waals surface area contributed by atoms with Gasteiger partial charge >= 0.3 is 45.2 Å². The molecule has 0 saturated carbocycles. The van der Waals surface area contributed by atoms with Crippen LogP contribution in [0.4, 0.5) is 0 Å². The Morgan fingerprint density at radius 3 is 0.783 bits per heavy atom. The van der Waals surface area contributed by atoms with Crippen LogP contribution in [0.15, 0.2) is 152 Å². The molecule has 0 bridgehead atoms. The normalized spacial score (nSPS) is 8.41. The SMILES string of the molecule is CC#N.CP(C)c1ccccc1.[C-]#[O+].[C-]#[O+].[C-]#[O+].[C-]#[O+].[Mn].c1ccc([B-](c2ccccc2)(c2ccccc2)c2ccccc2)cc1. The molecule has 0 unspecified atom stereocenters. The van der Waals surface area contributed by atoms with Gasteiger partial charge < -0.3 is 0 Å². The van der Waals surface area contributed by atoms with Gasteiger partial charge in [-0.1, -0.05) is 160 Å². The summed E-state index contributed by atoms with van der Waals surface area (Å²) in [6, 6.07) is 55.9. The maximum atomic E-state index is 7.50. The number of hydrogen-bond acceptors (Lipinski definition) is 1. The third-order valence-electron chi connectivity index (χ3n) is 6.47. The van der Waals surface area contributed by atoms with Crippen molar-refractivity contribution in [2.45, 2.75) is 6.92 Å². The predicted molar refractivity (Wildman–Crippen MR) is 182 cm³/mol. The number of nitriles is 1. The van der Waals surface area contributed by atoms with E-state index in [-0.39, 0.29) is 25.0 Å². The molecule has 0 aliphatic carbocycles. The van der Waals surface area contributed by atoms with Crippen molar-refractivity contribution in [1.29, 1.82) is 5.26 Å². The smallest absolute Gasteiger partial charge is 0.108 e. The van der Waals surface area contributed by atoms with E-state index in [9.17, 15) is 0 Å². The monoisotopic (exact) mass is 665 g/mol. The summed E-state index contributed by atoms with van der Waals surface area (Å²) in [6.07, 6.45) is -1.22. The molecule has 0 aliphatic rings. The Balaban J connectivity index is -0.000000737. The van der Waals surface area contributed by atoms with Crippen molar-refractivity contribution < 1.29 is 35.7 Å². The Morgan fingerprint density at radius 1 is 0.457 bits per heavy atom. The van der Waals surface area contributed by atoms with Crippen molar-refractivity contribution in [2.24, 2.45) is 0 Å². The topological polar surface area (TPSA) is 103 Å². The van der Waals surface area contributed by atoms with Gasteiger partial charge in [0.15, 0.2) is 0 Å². The van der Waals surface area contributed by atoms with E-state index in [4.69, 9.17) is 23.9 Å². The van der Waals surface area contributed by atoms with Crippen LogP contribution in [0.1, 0.15) is 6.92 Å². The number of benzene rings is 5. The van der Waals surface area contributed by atoms with E-state index in [0.29, 0.717) is 0 Å². The van der Waals surface area contributed by atoms with Gasteiger partial charge in [-0.15, -0.1) is 0 Å². The fourth-order valence-corrected chi connectivity index (χ4v) is 5.62. The molecule has 0 aliphatic heterocycles. The summed E-state index contributed by atoms with van der Waals surface area (Å²) in [4.78, 5) is 0. The molecule has 5 aromatic rings. The van der Waals surface area contributed by atoms with Gasteiger partial charge in [-0.3, -0.25) is 0 Å². The van der Waals surface area contributed by atoms with E-state index < -0.39 is 6.15 Å². The number of rotatable bonds is 5. The zero-order chi connectivity index (χ0) is 34.3. The molecular weight excluding hydrogens is 631 g/mol. The van der Waals surface area contributed by atoms with Gasteiger partial charge in [0.25, 0.3) is 0 Å². The quantitative estimate of drug-likeness (QED) is 0.105. The van der Waals surface area contributed by atoms with Crippen molar-refractivity contribution >= 4 is 41.2 Å². The van der Waals surface area contributed by atoms with Crippen LogP contribution in [-0.4, -0.2) is 19.5 Å². The maximum absolute atomic E-state index is 7.50. The van der Waals surface area contributed by atoms with Gasteiger partial charge in [-0.25, -0.2) is 0 Å². The molecule has 5 nitrogen and oxygen atoms in total. The predicted octanol–water partition coefficient (Wildman–Crippen LogP) is 5.49. The molecule has 0 saturated heterocycles. The fourth-order valence-electron chi connectivity index (χ4n) is 4.85. The van der Waals surface area contributed by atoms with Crippen LogP contribution in [0.5, 0.6) is 0 Å². The van der Waals surface area contributed by atoms with Gasteiger partial charge in [0.1, 0.15) is 6.15 Å². The molecule has 1 radical (unpaired) electrons. The Bertz CT molecular complexity index is 1350. The first-order valence-electron chi connectivity index (χ1n) is 13.4. The van der Waals surface area contributed by atoms with Crippen LogP contribution in [0.2, 0.25) is 0 Å². The minimum Gasteiger partial charge on any atom is -0.195 e. The molecule has 5 rings (SSSR count). The average molecular weight is 665 g/mol. The van der Waals surface area contributed by atoms with E-state index in [0.717, 1.165) is 0 Å². The summed E-state index contributed by atoms with van der Waals surface area (Å²) in [5.41, 5.74) is 5.36. The van der Waals surface area contributed by atoms with Crippen molar-refractivity contribution in [2.75, 3.05) is 13.3 Å². The third kappa shape index (κ3) is 14.6. The summed E-state index contributed by atoms with van der Waals surface area (Å²) in [6.45, 7) is 24.0. The zero-order valence-electron chi connectivity index (χ0n) is 25.9. The minimum absolute atomic E-state index is 0. The Kier molecular flexibility index (Phi) is 30.6. The Hall–Kier alpha value is -4.44. The molecule has 46 heavy (non-hydrogen) atoms. The van der Waals surface area contributed by atoms with E-state index in [2.05, 4.69) is 192 Å². The molecule has 231 valence electrons. The van der Waals surface area contributed by atoms with E-state index in [1.54, 1.807) is 6.07 Å². The van der Waals surface area contributed by atoms with Crippen LogP contribution in [0, 0.1) is 37.9 Å². The van der Waals surface area contributed by atoms with Crippen molar-refractivity contribution in [3.05, 3.63) is 178 Å². The third-order valence-corrected chi connectivity index (χ3v) is 7.80. The Morgan fingerprint density at radius 2 is 0.630 bits per heavy atom. The van der Waals surface area contributed by atoms with Crippen LogP contribution >= 0.6 is 7.92 Å². The second kappa shape index (κ2) is 30.6. The van der Waals surface area contributed by atoms with E-state index in [1.807, 2.05) is 0 Å². The van der Waals surface area contributed by atoms with Crippen molar-refractivity contribution in [3.63, 3.8) is 0 Å². The van der Waals surface area contributed by atoms with E-state index in [1.165, 1.54) is 34.1 Å². The molecule has 8 heteroatoms. The van der Waals surface area contributed by atoms with Gasteiger partial charge in [0.2, 0.25) is 0 Å². The van der Waals surface area contributed by atoms with Gasteiger partial charge in [0, 0.05) is 24.0 Å². The average Bonchev–Trinajstić information content (AvgIpc) is 3.15. The molecule has 0 fully saturated rings. The summed E-state index contributed by atoms with van der Waals surface area (Å²) in [7, 11) is 0.104. The van der Waals surface area contributed by atoms with Gasteiger partial charge in [-0.05, 0) is 18.6 Å². The standard InChI is InChI=1S/C24H20B.C8H11P.C2H3N.4CO.Mn/c1-5-13-21(14-6-1)25(22-15-7-2-8-16-22,23-17-9-3-10-18-23)24-19-11-4-12-20-24;1-9(2)8-6-4-3-5-7-8;1-2-3;4*1-2;/h1-20H;3-7H,1-2H3;1H3;;;;;/q-1;;;;;;;. The minimum atomic E-state index is -1.22.